The zero-order valence-electron chi connectivity index (χ0n) is 18.6. The van der Waals surface area contributed by atoms with E-state index in [-0.39, 0.29) is 16.6 Å². The van der Waals surface area contributed by atoms with Gasteiger partial charge in [-0.25, -0.2) is 0 Å². The van der Waals surface area contributed by atoms with Gasteiger partial charge in [0, 0.05) is 26.3 Å². The van der Waals surface area contributed by atoms with Crippen molar-refractivity contribution in [3.63, 3.8) is 0 Å². The van der Waals surface area contributed by atoms with Crippen LogP contribution in [0.2, 0.25) is 18.1 Å². The lowest BCUT2D eigenvalue weighted by Gasteiger charge is -2.44. The maximum atomic E-state index is 12.1. The van der Waals surface area contributed by atoms with Crippen LogP contribution in [0.1, 0.15) is 106 Å². The summed E-state index contributed by atoms with van der Waals surface area (Å²) in [7, 11) is -1.93. The second-order valence-electron chi connectivity index (χ2n) is 11.1. The highest BCUT2D eigenvalue weighted by molar-refractivity contribution is 14.1. The fourth-order valence-electron chi connectivity index (χ4n) is 4.50. The predicted molar refractivity (Wildman–Crippen MR) is 127 cm³/mol. The predicted octanol–water partition coefficient (Wildman–Crippen LogP) is 7.19. The Hall–Kier alpha value is -0.273. The first-order valence-corrected chi connectivity index (χ1v) is 14.7. The van der Waals surface area contributed by atoms with Gasteiger partial charge in [-0.1, -0.05) is 47.5 Å². The van der Waals surface area contributed by atoms with E-state index in [0.717, 1.165) is 46.8 Å². The molecule has 0 bridgehead atoms. The third kappa shape index (κ3) is 4.27. The fourth-order valence-corrected chi connectivity index (χ4v) is 6.83. The number of aldehydes is 1. The minimum atomic E-state index is -1.93. The lowest BCUT2D eigenvalue weighted by atomic mass is 9.74. The summed E-state index contributed by atoms with van der Waals surface area (Å²) in [5.41, 5.74) is 4.42. The van der Waals surface area contributed by atoms with Crippen molar-refractivity contribution < 1.29 is 9.22 Å². The normalized spacial score (nSPS) is 22.9. The Bertz CT molecular complexity index is 761. The zero-order chi connectivity index (χ0) is 20.9. The Balaban J connectivity index is 2.11. The number of nitrogens with zero attached hydrogens (tertiary/aromatic N) is 1. The van der Waals surface area contributed by atoms with Gasteiger partial charge < -0.3 is 4.43 Å². The highest BCUT2D eigenvalue weighted by Gasteiger charge is 2.44. The first-order valence-electron chi connectivity index (χ1n) is 10.7. The second-order valence-corrected chi connectivity index (χ2v) is 16.9. The largest absolute Gasteiger partial charge is 0.410 e. The molecule has 0 saturated heterocycles. The van der Waals surface area contributed by atoms with Crippen LogP contribution in [0.3, 0.4) is 0 Å². The average Bonchev–Trinajstić information content (AvgIpc) is 3.05. The molecule has 1 saturated carbocycles. The van der Waals surface area contributed by atoms with E-state index >= 15 is 0 Å². The van der Waals surface area contributed by atoms with Gasteiger partial charge >= 0.3 is 0 Å². The molecule has 0 aliphatic heterocycles. The first-order chi connectivity index (χ1) is 12.9. The van der Waals surface area contributed by atoms with Crippen LogP contribution in [-0.2, 0) is 10.8 Å². The van der Waals surface area contributed by atoms with E-state index in [9.17, 15) is 4.79 Å². The van der Waals surface area contributed by atoms with Crippen LogP contribution >= 0.6 is 22.6 Å². The number of hydrogen-bond donors (Lipinski definition) is 0. The van der Waals surface area contributed by atoms with E-state index in [1.807, 2.05) is 0 Å². The van der Waals surface area contributed by atoms with Crippen molar-refractivity contribution in [3.05, 3.63) is 26.1 Å². The van der Waals surface area contributed by atoms with Crippen LogP contribution in [0.15, 0.2) is 0 Å². The summed E-state index contributed by atoms with van der Waals surface area (Å²) in [5, 5.41) is 0.158. The Kier molecular flexibility index (Phi) is 6.22. The molecule has 0 spiro atoms. The molecule has 1 fully saturated rings. The first kappa shape index (κ1) is 22.4. The minimum Gasteiger partial charge on any atom is -0.410 e. The molecule has 5 heteroatoms. The monoisotopic (exact) mass is 513 g/mol. The van der Waals surface area contributed by atoms with Crippen molar-refractivity contribution >= 4 is 37.2 Å². The molecule has 1 aromatic rings. The van der Waals surface area contributed by atoms with Gasteiger partial charge in [-0.15, -0.1) is 0 Å². The molecule has 2 aliphatic carbocycles. The van der Waals surface area contributed by atoms with E-state index in [0.29, 0.717) is 5.92 Å². The number of aromatic nitrogens is 1. The van der Waals surface area contributed by atoms with E-state index < -0.39 is 8.32 Å². The molecular formula is C23H36INO2Si. The third-order valence-corrected chi connectivity index (χ3v) is 12.8. The summed E-state index contributed by atoms with van der Waals surface area (Å²) in [5.74, 6) is 0.448. The van der Waals surface area contributed by atoms with Crippen LogP contribution in [0.5, 0.6) is 0 Å². The van der Waals surface area contributed by atoms with Crippen molar-refractivity contribution in [1.82, 2.24) is 4.98 Å². The number of fused-ring (bicyclic) bond motifs is 1. The van der Waals surface area contributed by atoms with Crippen molar-refractivity contribution in [3.8, 4) is 0 Å². The average molecular weight is 514 g/mol. The molecule has 0 radical (unpaired) electrons. The molecule has 0 N–H and O–H groups in total. The van der Waals surface area contributed by atoms with Gasteiger partial charge in [0.05, 0.1) is 11.8 Å². The maximum absolute atomic E-state index is 12.1. The highest BCUT2D eigenvalue weighted by atomic mass is 127. The molecule has 3 nitrogen and oxygen atoms in total. The zero-order valence-corrected chi connectivity index (χ0v) is 21.8. The van der Waals surface area contributed by atoms with Crippen molar-refractivity contribution in [2.24, 2.45) is 5.41 Å². The van der Waals surface area contributed by atoms with Gasteiger partial charge in [-0.2, -0.15) is 0 Å². The molecule has 0 aromatic carbocycles. The fraction of sp³-hybridized carbons (Fsp3) is 0.739. The molecule has 28 heavy (non-hydrogen) atoms. The molecule has 3 rings (SSSR count). The Morgan fingerprint density at radius 1 is 1.21 bits per heavy atom. The summed E-state index contributed by atoms with van der Waals surface area (Å²) in [6.07, 6.45) is 7.87. The summed E-state index contributed by atoms with van der Waals surface area (Å²) in [4.78, 5) is 17.3. The molecule has 1 unspecified atom stereocenters. The maximum Gasteiger partial charge on any atom is 0.192 e. The summed E-state index contributed by atoms with van der Waals surface area (Å²) in [6.45, 7) is 16.2. The molecule has 156 valence electrons. The number of pyridine rings is 1. The Labute approximate surface area is 185 Å². The topological polar surface area (TPSA) is 39.2 Å². The minimum absolute atomic E-state index is 0.0374. The lowest BCUT2D eigenvalue weighted by molar-refractivity contribution is 0.104. The van der Waals surface area contributed by atoms with Crippen LogP contribution in [0, 0.1) is 8.99 Å². The number of carbonyl (C=O) groups excluding carboxylic acids is 1. The summed E-state index contributed by atoms with van der Waals surface area (Å²) < 4.78 is 8.03. The summed E-state index contributed by atoms with van der Waals surface area (Å²) in [6, 6.07) is 0. The van der Waals surface area contributed by atoms with E-state index in [1.54, 1.807) is 0 Å². The van der Waals surface area contributed by atoms with Gasteiger partial charge in [-0.05, 0) is 71.8 Å². The van der Waals surface area contributed by atoms with Crippen molar-refractivity contribution in [2.45, 2.75) is 103 Å². The third-order valence-electron chi connectivity index (χ3n) is 7.12. The second kappa shape index (κ2) is 7.77. The van der Waals surface area contributed by atoms with Crippen LogP contribution < -0.4 is 0 Å². The van der Waals surface area contributed by atoms with Gasteiger partial charge in [0.1, 0.15) is 0 Å². The Morgan fingerprint density at radius 2 is 1.82 bits per heavy atom. The molecule has 2 aliphatic rings. The van der Waals surface area contributed by atoms with Crippen LogP contribution in [-0.4, -0.2) is 19.6 Å². The lowest BCUT2D eigenvalue weighted by Crippen LogP contribution is -2.44. The SMILES string of the molecule is CC1(C)Cc2nc(C3CCCC3)c(C=O)c(I)c2C(O[Si](C)(C)C(C)(C)C)C1. The number of hydrogen-bond acceptors (Lipinski definition) is 3. The molecule has 0 amide bonds. The number of halogens is 1. The standard InChI is InChI=1S/C23H36INO2Si/c1-22(2,3)28(6,7)27-18-13-23(4,5)12-17-19(18)20(24)16(14-26)21(25-17)15-10-8-9-11-15/h14-15,18H,8-13H2,1-7H3. The van der Waals surface area contributed by atoms with Crippen LogP contribution in [0.25, 0.3) is 0 Å². The number of carbonyl (C=O) groups is 1. The molecular weight excluding hydrogens is 477 g/mol. The van der Waals surface area contributed by atoms with Crippen LogP contribution in [0.4, 0.5) is 0 Å². The van der Waals surface area contributed by atoms with E-state index in [2.05, 4.69) is 70.3 Å². The number of rotatable bonds is 4. The van der Waals surface area contributed by atoms with Gasteiger partial charge in [-0.3, -0.25) is 9.78 Å². The van der Waals surface area contributed by atoms with Gasteiger partial charge in [0.25, 0.3) is 0 Å². The van der Waals surface area contributed by atoms with Crippen molar-refractivity contribution in [1.29, 1.82) is 0 Å². The van der Waals surface area contributed by atoms with Crippen molar-refractivity contribution in [2.75, 3.05) is 0 Å². The summed E-state index contributed by atoms with van der Waals surface area (Å²) >= 11 is 2.40. The van der Waals surface area contributed by atoms with E-state index in [1.165, 1.54) is 24.1 Å². The molecule has 1 aromatic heterocycles. The smallest absolute Gasteiger partial charge is 0.192 e. The molecule has 1 atom stereocenters. The van der Waals surface area contributed by atoms with Gasteiger partial charge in [0.15, 0.2) is 14.6 Å². The highest BCUT2D eigenvalue weighted by Crippen LogP contribution is 2.49. The van der Waals surface area contributed by atoms with Gasteiger partial charge in [0.2, 0.25) is 0 Å². The van der Waals surface area contributed by atoms with E-state index in [4.69, 9.17) is 9.41 Å². The quantitative estimate of drug-likeness (QED) is 0.243. The Morgan fingerprint density at radius 3 is 2.36 bits per heavy atom. The molecule has 1 heterocycles.